The fourth-order valence-corrected chi connectivity index (χ4v) is 3.68. The Labute approximate surface area is 124 Å². The summed E-state index contributed by atoms with van der Waals surface area (Å²) < 4.78 is 36.0. The summed E-state index contributed by atoms with van der Waals surface area (Å²) in [5.74, 6) is -0.0574. The van der Waals surface area contributed by atoms with Crippen LogP contribution in [0.1, 0.15) is 19.3 Å². The van der Waals surface area contributed by atoms with E-state index in [0.717, 1.165) is 19.3 Å². The molecule has 7 heteroatoms. The summed E-state index contributed by atoms with van der Waals surface area (Å²) in [5, 5.41) is 0. The first kappa shape index (κ1) is 15.8. The molecule has 1 fully saturated rings. The lowest BCUT2D eigenvalue weighted by molar-refractivity contribution is -0.142. The molecule has 0 unspecified atom stereocenters. The second-order valence-electron chi connectivity index (χ2n) is 4.80. The molecular formula is C14H19NO5S. The van der Waals surface area contributed by atoms with Crippen molar-refractivity contribution in [3.8, 4) is 5.75 Å². The number of ether oxygens (including phenoxy) is 2. The minimum atomic E-state index is -3.43. The van der Waals surface area contributed by atoms with Crippen LogP contribution in [-0.2, 0) is 19.6 Å². The maximum atomic E-state index is 12.4. The molecule has 0 spiro atoms. The molecule has 1 saturated heterocycles. The van der Waals surface area contributed by atoms with Gasteiger partial charge in [-0.3, -0.25) is 0 Å². The molecule has 21 heavy (non-hydrogen) atoms. The number of sulfonamides is 1. The Morgan fingerprint density at radius 3 is 2.33 bits per heavy atom. The molecule has 1 heterocycles. The SMILES string of the molecule is COC(=O)COc1ccc(S(=O)(=O)N2CCCCC2)cc1. The van der Waals surface area contributed by atoms with E-state index in [1.54, 1.807) is 12.1 Å². The zero-order chi connectivity index (χ0) is 15.3. The van der Waals surface area contributed by atoms with E-state index >= 15 is 0 Å². The Morgan fingerprint density at radius 1 is 1.14 bits per heavy atom. The number of rotatable bonds is 5. The Hall–Kier alpha value is -1.60. The minimum absolute atomic E-state index is 0.200. The van der Waals surface area contributed by atoms with Gasteiger partial charge in [-0.2, -0.15) is 4.31 Å². The number of esters is 1. The Morgan fingerprint density at radius 2 is 1.76 bits per heavy atom. The van der Waals surface area contributed by atoms with Gasteiger partial charge in [0.1, 0.15) is 5.75 Å². The molecule has 0 aliphatic carbocycles. The van der Waals surface area contributed by atoms with E-state index in [0.29, 0.717) is 18.8 Å². The van der Waals surface area contributed by atoms with Crippen molar-refractivity contribution < 1.29 is 22.7 Å². The fraction of sp³-hybridized carbons (Fsp3) is 0.500. The second-order valence-corrected chi connectivity index (χ2v) is 6.74. The van der Waals surface area contributed by atoms with E-state index in [2.05, 4.69) is 4.74 Å². The summed E-state index contributed by atoms with van der Waals surface area (Å²) in [5.41, 5.74) is 0. The molecule has 0 bridgehead atoms. The average Bonchev–Trinajstić information content (AvgIpc) is 2.53. The highest BCUT2D eigenvalue weighted by molar-refractivity contribution is 7.89. The summed E-state index contributed by atoms with van der Waals surface area (Å²) in [4.78, 5) is 11.2. The molecule has 1 aromatic carbocycles. The molecule has 1 aromatic rings. The molecule has 0 atom stereocenters. The molecule has 0 amide bonds. The summed E-state index contributed by atoms with van der Waals surface area (Å²) in [6.45, 7) is 0.945. The van der Waals surface area contributed by atoms with Crippen LogP contribution >= 0.6 is 0 Å². The van der Waals surface area contributed by atoms with Crippen molar-refractivity contribution in [3.63, 3.8) is 0 Å². The van der Waals surface area contributed by atoms with Crippen molar-refractivity contribution in [2.75, 3.05) is 26.8 Å². The van der Waals surface area contributed by atoms with Gasteiger partial charge in [-0.25, -0.2) is 13.2 Å². The predicted molar refractivity (Wildman–Crippen MR) is 76.6 cm³/mol. The highest BCUT2D eigenvalue weighted by Crippen LogP contribution is 2.22. The number of carbonyl (C=O) groups excluding carboxylic acids is 1. The first-order valence-electron chi connectivity index (χ1n) is 6.84. The van der Waals surface area contributed by atoms with Crippen LogP contribution < -0.4 is 4.74 Å². The number of benzene rings is 1. The molecule has 1 aliphatic rings. The molecular weight excluding hydrogens is 294 g/mol. The van der Waals surface area contributed by atoms with Gasteiger partial charge in [0.25, 0.3) is 0 Å². The third-order valence-corrected chi connectivity index (χ3v) is 5.27. The van der Waals surface area contributed by atoms with E-state index in [9.17, 15) is 13.2 Å². The van der Waals surface area contributed by atoms with Crippen LogP contribution in [-0.4, -0.2) is 45.5 Å². The maximum absolute atomic E-state index is 12.4. The van der Waals surface area contributed by atoms with Crippen molar-refractivity contribution in [3.05, 3.63) is 24.3 Å². The lowest BCUT2D eigenvalue weighted by Gasteiger charge is -2.25. The van der Waals surface area contributed by atoms with Crippen LogP contribution in [0.4, 0.5) is 0 Å². The number of hydrogen-bond donors (Lipinski definition) is 0. The van der Waals surface area contributed by atoms with E-state index < -0.39 is 16.0 Å². The van der Waals surface area contributed by atoms with Gasteiger partial charge in [-0.1, -0.05) is 6.42 Å². The van der Waals surface area contributed by atoms with Crippen LogP contribution in [0.25, 0.3) is 0 Å². The second kappa shape index (κ2) is 6.91. The molecule has 116 valence electrons. The number of methoxy groups -OCH3 is 1. The van der Waals surface area contributed by atoms with Crippen LogP contribution in [0.15, 0.2) is 29.2 Å². The van der Waals surface area contributed by atoms with Crippen LogP contribution in [0.2, 0.25) is 0 Å². The molecule has 0 saturated carbocycles. The highest BCUT2D eigenvalue weighted by atomic mass is 32.2. The van der Waals surface area contributed by atoms with Gasteiger partial charge in [0.15, 0.2) is 6.61 Å². The third-order valence-electron chi connectivity index (χ3n) is 3.36. The number of hydrogen-bond acceptors (Lipinski definition) is 5. The van der Waals surface area contributed by atoms with Gasteiger partial charge < -0.3 is 9.47 Å². The average molecular weight is 313 g/mol. The summed E-state index contributed by atoms with van der Waals surface area (Å²) in [7, 11) is -2.15. The Kier molecular flexibility index (Phi) is 5.19. The molecule has 0 radical (unpaired) electrons. The van der Waals surface area contributed by atoms with E-state index in [1.807, 2.05) is 0 Å². The molecule has 6 nitrogen and oxygen atoms in total. The smallest absolute Gasteiger partial charge is 0.343 e. The van der Waals surface area contributed by atoms with Crippen molar-refractivity contribution >= 4 is 16.0 Å². The minimum Gasteiger partial charge on any atom is -0.482 e. The topological polar surface area (TPSA) is 72.9 Å². The van der Waals surface area contributed by atoms with Crippen LogP contribution in [0.3, 0.4) is 0 Å². The zero-order valence-corrected chi connectivity index (χ0v) is 12.8. The van der Waals surface area contributed by atoms with Gasteiger partial charge in [0.05, 0.1) is 12.0 Å². The largest absolute Gasteiger partial charge is 0.482 e. The van der Waals surface area contributed by atoms with Crippen molar-refractivity contribution in [2.24, 2.45) is 0 Å². The first-order chi connectivity index (χ1) is 10.0. The van der Waals surface area contributed by atoms with Crippen molar-refractivity contribution in [2.45, 2.75) is 24.2 Å². The summed E-state index contributed by atoms with van der Waals surface area (Å²) in [6.07, 6.45) is 2.88. The van der Waals surface area contributed by atoms with Crippen molar-refractivity contribution in [1.82, 2.24) is 4.31 Å². The maximum Gasteiger partial charge on any atom is 0.343 e. The first-order valence-corrected chi connectivity index (χ1v) is 8.28. The monoisotopic (exact) mass is 313 g/mol. The molecule has 2 rings (SSSR count). The van der Waals surface area contributed by atoms with Gasteiger partial charge in [0, 0.05) is 13.1 Å². The highest BCUT2D eigenvalue weighted by Gasteiger charge is 2.25. The summed E-state index contributed by atoms with van der Waals surface area (Å²) in [6, 6.07) is 6.08. The number of nitrogens with zero attached hydrogens (tertiary/aromatic N) is 1. The fourth-order valence-electron chi connectivity index (χ4n) is 2.16. The van der Waals surface area contributed by atoms with Crippen LogP contribution in [0.5, 0.6) is 5.75 Å². The lowest BCUT2D eigenvalue weighted by Crippen LogP contribution is -2.35. The van der Waals surface area contributed by atoms with Gasteiger partial charge in [0.2, 0.25) is 10.0 Å². The van der Waals surface area contributed by atoms with E-state index in [1.165, 1.54) is 23.5 Å². The lowest BCUT2D eigenvalue weighted by atomic mass is 10.2. The predicted octanol–water partition coefficient (Wildman–Crippen LogP) is 1.41. The number of piperidine rings is 1. The molecule has 1 aliphatic heterocycles. The van der Waals surface area contributed by atoms with E-state index in [4.69, 9.17) is 4.74 Å². The standard InChI is InChI=1S/C14H19NO5S/c1-19-14(16)11-20-12-5-7-13(8-6-12)21(17,18)15-9-3-2-4-10-15/h5-8H,2-4,9-11H2,1H3. The Balaban J connectivity index is 2.05. The van der Waals surface area contributed by atoms with Gasteiger partial charge in [-0.15, -0.1) is 0 Å². The van der Waals surface area contributed by atoms with E-state index in [-0.39, 0.29) is 11.5 Å². The van der Waals surface area contributed by atoms with Crippen LogP contribution in [0, 0.1) is 0 Å². The third kappa shape index (κ3) is 3.95. The Bertz CT molecular complexity index is 576. The molecule has 0 aromatic heterocycles. The molecule has 0 N–H and O–H groups in total. The van der Waals surface area contributed by atoms with Gasteiger partial charge >= 0.3 is 5.97 Å². The normalized spacial score (nSPS) is 16.4. The zero-order valence-electron chi connectivity index (χ0n) is 11.9. The number of carbonyl (C=O) groups is 1. The van der Waals surface area contributed by atoms with Crippen molar-refractivity contribution in [1.29, 1.82) is 0 Å². The quantitative estimate of drug-likeness (QED) is 0.769. The summed E-state index contributed by atoms with van der Waals surface area (Å²) >= 11 is 0. The van der Waals surface area contributed by atoms with Gasteiger partial charge in [-0.05, 0) is 37.1 Å².